The zero-order valence-electron chi connectivity index (χ0n) is 16.2. The van der Waals surface area contributed by atoms with E-state index in [0.717, 1.165) is 29.1 Å². The van der Waals surface area contributed by atoms with E-state index in [2.05, 4.69) is 4.98 Å². The van der Waals surface area contributed by atoms with Crippen LogP contribution in [-0.2, 0) is 31.1 Å². The first-order valence-corrected chi connectivity index (χ1v) is 9.38. The number of rotatable bonds is 3. The summed E-state index contributed by atoms with van der Waals surface area (Å²) in [6, 6.07) is 3.98. The topological polar surface area (TPSA) is 58.4 Å². The van der Waals surface area contributed by atoms with Crippen molar-refractivity contribution in [2.45, 2.75) is 32.6 Å². The number of carbonyl (C=O) groups is 1. The first kappa shape index (κ1) is 19.5. The van der Waals surface area contributed by atoms with Crippen LogP contribution in [0.2, 0.25) is 0 Å². The summed E-state index contributed by atoms with van der Waals surface area (Å²) in [5.74, 6) is 0.652. The number of pyridine rings is 2. The van der Waals surface area contributed by atoms with E-state index >= 15 is 0 Å². The Morgan fingerprint density at radius 3 is 2.59 bits per heavy atom. The normalized spacial score (nSPS) is 16.7. The van der Waals surface area contributed by atoms with E-state index in [9.17, 15) is 22.8 Å². The van der Waals surface area contributed by atoms with Gasteiger partial charge in [0.25, 0.3) is 5.56 Å². The molecule has 0 saturated carbocycles. The van der Waals surface area contributed by atoms with Gasteiger partial charge in [0, 0.05) is 57.0 Å². The van der Waals surface area contributed by atoms with Gasteiger partial charge in [-0.3, -0.25) is 9.59 Å². The Morgan fingerprint density at radius 2 is 1.97 bits per heavy atom. The molecule has 1 amide bonds. The van der Waals surface area contributed by atoms with Gasteiger partial charge in [0.2, 0.25) is 5.91 Å². The maximum Gasteiger partial charge on any atom is 0.417 e. The minimum absolute atomic E-state index is 0.0260. The number of fused-ring (bicyclic) bond motifs is 1. The van der Waals surface area contributed by atoms with Crippen molar-refractivity contribution in [1.82, 2.24) is 14.5 Å². The largest absolute Gasteiger partial charge is 0.417 e. The van der Waals surface area contributed by atoms with Gasteiger partial charge in [-0.2, -0.15) is 13.2 Å². The molecule has 2 aromatic rings. The van der Waals surface area contributed by atoms with Crippen LogP contribution in [0, 0.1) is 12.8 Å². The molecule has 2 aliphatic rings. The van der Waals surface area contributed by atoms with E-state index in [4.69, 9.17) is 0 Å². The van der Waals surface area contributed by atoms with Crippen LogP contribution in [-0.4, -0.2) is 33.4 Å². The van der Waals surface area contributed by atoms with Crippen molar-refractivity contribution in [3.8, 4) is 0 Å². The predicted octanol–water partition coefficient (Wildman–Crippen LogP) is 2.48. The molecular weight excluding hydrogens is 385 g/mol. The summed E-state index contributed by atoms with van der Waals surface area (Å²) in [7, 11) is 1.72. The van der Waals surface area contributed by atoms with E-state index in [0.29, 0.717) is 38.4 Å². The standard InChI is InChI=1S/C20H21F3N4O2/c1-12-5-18(28)25(2)16-11-27(10-15(12)16)19(29)6-13-8-26(9-13)17-4-3-14(7-24-17)20(21,22)23/h3-5,7,13H,6,8-11H2,1-2H3. The average molecular weight is 406 g/mol. The lowest BCUT2D eigenvalue weighted by atomic mass is 9.95. The van der Waals surface area contributed by atoms with Crippen LogP contribution in [0.25, 0.3) is 0 Å². The third-order valence-corrected chi connectivity index (χ3v) is 5.76. The number of alkyl halides is 3. The van der Waals surface area contributed by atoms with Crippen LogP contribution in [0.5, 0.6) is 0 Å². The van der Waals surface area contributed by atoms with Crippen LogP contribution < -0.4 is 10.5 Å². The van der Waals surface area contributed by atoms with E-state index in [1.807, 2.05) is 11.8 Å². The Kier molecular flexibility index (Phi) is 4.63. The molecule has 154 valence electrons. The first-order chi connectivity index (χ1) is 13.6. The van der Waals surface area contributed by atoms with Crippen molar-refractivity contribution in [2.75, 3.05) is 18.0 Å². The Balaban J connectivity index is 1.33. The van der Waals surface area contributed by atoms with Gasteiger partial charge in [-0.1, -0.05) is 0 Å². The van der Waals surface area contributed by atoms with Gasteiger partial charge in [0.1, 0.15) is 5.82 Å². The number of aryl methyl sites for hydroxylation is 1. The second kappa shape index (κ2) is 6.89. The molecule has 0 radical (unpaired) electrons. The third-order valence-electron chi connectivity index (χ3n) is 5.76. The molecule has 6 nitrogen and oxygen atoms in total. The van der Waals surface area contributed by atoms with Crippen LogP contribution in [0.15, 0.2) is 29.2 Å². The fourth-order valence-corrected chi connectivity index (χ4v) is 3.96. The molecule has 29 heavy (non-hydrogen) atoms. The van der Waals surface area contributed by atoms with E-state index in [-0.39, 0.29) is 17.4 Å². The summed E-state index contributed by atoms with van der Waals surface area (Å²) in [6.07, 6.45) is -3.19. The molecular formula is C20H21F3N4O2. The molecule has 1 fully saturated rings. The van der Waals surface area contributed by atoms with Crippen LogP contribution in [0.1, 0.15) is 28.8 Å². The first-order valence-electron chi connectivity index (χ1n) is 9.38. The molecule has 0 bridgehead atoms. The molecule has 0 unspecified atom stereocenters. The van der Waals surface area contributed by atoms with E-state index < -0.39 is 11.7 Å². The molecule has 0 atom stereocenters. The molecule has 0 aliphatic carbocycles. The van der Waals surface area contributed by atoms with Crippen molar-refractivity contribution < 1.29 is 18.0 Å². The number of halogens is 3. The molecule has 0 spiro atoms. The molecule has 0 aromatic carbocycles. The van der Waals surface area contributed by atoms with E-state index in [1.54, 1.807) is 22.6 Å². The second-order valence-electron chi connectivity index (χ2n) is 7.78. The molecule has 9 heteroatoms. The van der Waals surface area contributed by atoms with Crippen molar-refractivity contribution >= 4 is 11.7 Å². The minimum Gasteiger partial charge on any atom is -0.356 e. The van der Waals surface area contributed by atoms with Gasteiger partial charge < -0.3 is 14.4 Å². The highest BCUT2D eigenvalue weighted by molar-refractivity contribution is 5.77. The molecule has 4 heterocycles. The van der Waals surface area contributed by atoms with Crippen molar-refractivity contribution in [3.63, 3.8) is 0 Å². The maximum atomic E-state index is 12.7. The lowest BCUT2D eigenvalue weighted by molar-refractivity contribution is -0.138. The minimum atomic E-state index is -4.40. The number of nitrogens with zero attached hydrogens (tertiary/aromatic N) is 4. The summed E-state index contributed by atoms with van der Waals surface area (Å²) in [5, 5.41) is 0. The molecule has 2 aromatic heterocycles. The van der Waals surface area contributed by atoms with E-state index in [1.165, 1.54) is 6.07 Å². The quantitative estimate of drug-likeness (QED) is 0.786. The summed E-state index contributed by atoms with van der Waals surface area (Å²) >= 11 is 0. The molecule has 1 saturated heterocycles. The summed E-state index contributed by atoms with van der Waals surface area (Å²) < 4.78 is 39.5. The molecule has 4 rings (SSSR count). The number of aromatic nitrogens is 2. The SMILES string of the molecule is Cc1cc(=O)n(C)c2c1CN(C(=O)CC1CN(c3ccc(C(F)(F)F)cn3)C1)C2. The van der Waals surface area contributed by atoms with Gasteiger partial charge in [-0.25, -0.2) is 4.98 Å². The number of carbonyl (C=O) groups excluding carboxylic acids is 1. The molecule has 2 aliphatic heterocycles. The van der Waals surface area contributed by atoms with Crippen molar-refractivity contribution in [2.24, 2.45) is 13.0 Å². The van der Waals surface area contributed by atoms with Crippen molar-refractivity contribution in [3.05, 3.63) is 57.1 Å². The zero-order valence-corrected chi connectivity index (χ0v) is 16.2. The third kappa shape index (κ3) is 3.61. The van der Waals surface area contributed by atoms with Gasteiger partial charge >= 0.3 is 6.18 Å². The highest BCUT2D eigenvalue weighted by Gasteiger charge is 2.35. The van der Waals surface area contributed by atoms with Gasteiger partial charge in [-0.05, 0) is 30.2 Å². The van der Waals surface area contributed by atoms with Crippen molar-refractivity contribution in [1.29, 1.82) is 0 Å². The lowest BCUT2D eigenvalue weighted by Gasteiger charge is -2.40. The Bertz CT molecular complexity index is 1010. The fourth-order valence-electron chi connectivity index (χ4n) is 3.96. The highest BCUT2D eigenvalue weighted by Crippen LogP contribution is 2.32. The predicted molar refractivity (Wildman–Crippen MR) is 100 cm³/mol. The van der Waals surface area contributed by atoms with Gasteiger partial charge in [0.05, 0.1) is 12.1 Å². The highest BCUT2D eigenvalue weighted by atomic mass is 19.4. The fraction of sp³-hybridized carbons (Fsp3) is 0.450. The smallest absolute Gasteiger partial charge is 0.356 e. The summed E-state index contributed by atoms with van der Waals surface area (Å²) in [4.78, 5) is 32.2. The Labute approximate surface area is 165 Å². The van der Waals surface area contributed by atoms with Gasteiger partial charge in [0.15, 0.2) is 0 Å². The second-order valence-corrected chi connectivity index (χ2v) is 7.78. The molecule has 0 N–H and O–H groups in total. The number of amides is 1. The Morgan fingerprint density at radius 1 is 1.24 bits per heavy atom. The van der Waals surface area contributed by atoms with Crippen LogP contribution in [0.4, 0.5) is 19.0 Å². The maximum absolute atomic E-state index is 12.7. The lowest BCUT2D eigenvalue weighted by Crippen LogP contribution is -2.49. The zero-order chi connectivity index (χ0) is 20.9. The van der Waals surface area contributed by atoms with Crippen LogP contribution >= 0.6 is 0 Å². The number of anilines is 1. The summed E-state index contributed by atoms with van der Waals surface area (Å²) in [5.41, 5.74) is 1.97. The number of hydrogen-bond donors (Lipinski definition) is 0. The summed E-state index contributed by atoms with van der Waals surface area (Å²) in [6.45, 7) is 3.99. The number of hydrogen-bond acceptors (Lipinski definition) is 4. The van der Waals surface area contributed by atoms with Gasteiger partial charge in [-0.15, -0.1) is 0 Å². The average Bonchev–Trinajstić information content (AvgIpc) is 3.08. The van der Waals surface area contributed by atoms with Crippen LogP contribution in [0.3, 0.4) is 0 Å². The monoisotopic (exact) mass is 406 g/mol. The Hall–Kier alpha value is -2.84.